The number of carboxylic acid groups (broad SMARTS) is 1. The number of carbonyl (C=O) groups excluding carboxylic acids is 1. The van der Waals surface area contributed by atoms with E-state index in [4.69, 9.17) is 33.3 Å². The fourth-order valence-corrected chi connectivity index (χ4v) is 2.34. The summed E-state index contributed by atoms with van der Waals surface area (Å²) in [5.41, 5.74) is 1.10. The van der Waals surface area contributed by atoms with E-state index in [1.54, 1.807) is 24.3 Å². The zero-order chi connectivity index (χ0) is 17.7. The third kappa shape index (κ3) is 4.56. The zero-order valence-electron chi connectivity index (χ0n) is 12.8. The van der Waals surface area contributed by atoms with Gasteiger partial charge in [-0.15, -0.1) is 0 Å². The van der Waals surface area contributed by atoms with E-state index < -0.39 is 5.97 Å². The molecule has 0 aliphatic carbocycles. The molecule has 1 amide bonds. The number of rotatable bonds is 5. The first-order valence-electron chi connectivity index (χ1n) is 7.14. The van der Waals surface area contributed by atoms with Crippen LogP contribution in [0.3, 0.4) is 0 Å². The molecule has 0 spiro atoms. The lowest BCUT2D eigenvalue weighted by Crippen LogP contribution is -2.33. The molecule has 24 heavy (non-hydrogen) atoms. The molecule has 0 aliphatic rings. The number of nitrogens with one attached hydrogen (secondary N) is 2. The summed E-state index contributed by atoms with van der Waals surface area (Å²) in [6.45, 7) is 1.89. The van der Waals surface area contributed by atoms with Gasteiger partial charge in [0.1, 0.15) is 5.76 Å². The van der Waals surface area contributed by atoms with E-state index in [-0.39, 0.29) is 16.8 Å². The fraction of sp³-hybridized carbons (Fsp3) is 0.188. The predicted molar refractivity (Wildman–Crippen MR) is 95.4 cm³/mol. The Bertz CT molecular complexity index is 788. The van der Waals surface area contributed by atoms with E-state index in [2.05, 4.69) is 10.6 Å². The lowest BCUT2D eigenvalue weighted by atomic mass is 10.1. The fourth-order valence-electron chi connectivity index (χ4n) is 1.95. The summed E-state index contributed by atoms with van der Waals surface area (Å²) in [6, 6.07) is 7.90. The van der Waals surface area contributed by atoms with E-state index in [1.807, 2.05) is 6.92 Å². The highest BCUT2D eigenvalue weighted by Gasteiger charge is 2.13. The first kappa shape index (κ1) is 18.0. The summed E-state index contributed by atoms with van der Waals surface area (Å²) in [7, 11) is 0. The van der Waals surface area contributed by atoms with Gasteiger partial charge in [0.25, 0.3) is 0 Å². The predicted octanol–water partition coefficient (Wildman–Crippen LogP) is 3.91. The summed E-state index contributed by atoms with van der Waals surface area (Å²) in [5, 5.41) is 14.8. The minimum atomic E-state index is -1.15. The van der Waals surface area contributed by atoms with Crippen LogP contribution in [0.4, 0.5) is 5.69 Å². The van der Waals surface area contributed by atoms with Crippen molar-refractivity contribution in [3.05, 3.63) is 41.1 Å². The number of anilines is 1. The van der Waals surface area contributed by atoms with Crippen LogP contribution in [-0.4, -0.2) is 22.1 Å². The molecule has 0 atom stereocenters. The van der Waals surface area contributed by atoms with Crippen molar-refractivity contribution < 1.29 is 19.1 Å². The van der Waals surface area contributed by atoms with Gasteiger partial charge in [-0.25, -0.2) is 4.79 Å². The first-order chi connectivity index (χ1) is 11.4. The van der Waals surface area contributed by atoms with E-state index >= 15 is 0 Å². The quantitative estimate of drug-likeness (QED) is 0.695. The summed E-state index contributed by atoms with van der Waals surface area (Å²) in [5.74, 6) is -1.10. The summed E-state index contributed by atoms with van der Waals surface area (Å²) < 4.78 is 5.25. The van der Waals surface area contributed by atoms with Crippen molar-refractivity contribution in [1.29, 1.82) is 0 Å². The lowest BCUT2D eigenvalue weighted by molar-refractivity contribution is -0.119. The monoisotopic (exact) mass is 366 g/mol. The van der Waals surface area contributed by atoms with Crippen molar-refractivity contribution in [2.45, 2.75) is 19.8 Å². The van der Waals surface area contributed by atoms with Crippen molar-refractivity contribution in [3.8, 4) is 11.3 Å². The second-order valence-electron chi connectivity index (χ2n) is 4.92. The average Bonchev–Trinajstić information content (AvgIpc) is 2.99. The molecule has 2 aromatic rings. The smallest absolute Gasteiger partial charge is 0.371 e. The molecular weight excluding hydrogens is 352 g/mol. The Labute approximate surface area is 148 Å². The van der Waals surface area contributed by atoms with E-state index in [9.17, 15) is 9.59 Å². The van der Waals surface area contributed by atoms with Crippen LogP contribution in [0.2, 0.25) is 5.02 Å². The molecule has 0 bridgehead atoms. The Balaban J connectivity index is 2.17. The molecule has 0 saturated heterocycles. The molecule has 0 aliphatic heterocycles. The minimum Gasteiger partial charge on any atom is -0.475 e. The van der Waals surface area contributed by atoms with Crippen LogP contribution in [-0.2, 0) is 4.79 Å². The van der Waals surface area contributed by atoms with Gasteiger partial charge in [0.15, 0.2) is 5.11 Å². The minimum absolute atomic E-state index is 0.137. The summed E-state index contributed by atoms with van der Waals surface area (Å²) in [6.07, 6.45) is 1.09. The maximum atomic E-state index is 11.5. The molecule has 126 valence electrons. The number of furan rings is 1. The number of hydrogen-bond donors (Lipinski definition) is 3. The van der Waals surface area contributed by atoms with Gasteiger partial charge in [-0.05, 0) is 49.0 Å². The van der Waals surface area contributed by atoms with Crippen molar-refractivity contribution in [2.75, 3.05) is 5.32 Å². The van der Waals surface area contributed by atoms with Gasteiger partial charge in [-0.1, -0.05) is 18.5 Å². The first-order valence-corrected chi connectivity index (χ1v) is 7.93. The van der Waals surface area contributed by atoms with Gasteiger partial charge < -0.3 is 20.2 Å². The van der Waals surface area contributed by atoms with Crippen molar-refractivity contribution in [1.82, 2.24) is 5.32 Å². The highest BCUT2D eigenvalue weighted by Crippen LogP contribution is 2.30. The van der Waals surface area contributed by atoms with E-state index in [0.717, 1.165) is 6.42 Å². The van der Waals surface area contributed by atoms with Crippen LogP contribution < -0.4 is 10.6 Å². The van der Waals surface area contributed by atoms with Gasteiger partial charge in [-0.2, -0.15) is 0 Å². The Morgan fingerprint density at radius 2 is 2.04 bits per heavy atom. The maximum Gasteiger partial charge on any atom is 0.371 e. The topological polar surface area (TPSA) is 91.6 Å². The van der Waals surface area contributed by atoms with Gasteiger partial charge in [0.05, 0.1) is 10.7 Å². The van der Waals surface area contributed by atoms with Crippen LogP contribution in [0.25, 0.3) is 11.3 Å². The number of amides is 1. The number of benzene rings is 1. The zero-order valence-corrected chi connectivity index (χ0v) is 14.3. The second-order valence-corrected chi connectivity index (χ2v) is 5.73. The Morgan fingerprint density at radius 3 is 2.67 bits per heavy atom. The molecule has 0 unspecified atom stereocenters. The molecule has 0 fully saturated rings. The number of aromatic carboxylic acids is 1. The summed E-state index contributed by atoms with van der Waals surface area (Å²) in [4.78, 5) is 22.4. The van der Waals surface area contributed by atoms with Crippen molar-refractivity contribution >= 4 is 46.5 Å². The van der Waals surface area contributed by atoms with Gasteiger partial charge in [0.2, 0.25) is 11.7 Å². The lowest BCUT2D eigenvalue weighted by Gasteiger charge is -2.11. The average molecular weight is 367 g/mol. The summed E-state index contributed by atoms with van der Waals surface area (Å²) >= 11 is 11.2. The van der Waals surface area contributed by atoms with Crippen LogP contribution in [0.15, 0.2) is 34.7 Å². The van der Waals surface area contributed by atoms with E-state index in [0.29, 0.717) is 28.5 Å². The molecule has 0 radical (unpaired) electrons. The van der Waals surface area contributed by atoms with Crippen LogP contribution >= 0.6 is 23.8 Å². The number of carboxylic acids is 1. The van der Waals surface area contributed by atoms with Gasteiger partial charge in [-0.3, -0.25) is 4.79 Å². The van der Waals surface area contributed by atoms with Gasteiger partial charge in [0, 0.05) is 12.0 Å². The molecule has 2 rings (SSSR count). The molecular formula is C16H15ClN2O4S. The Morgan fingerprint density at radius 1 is 1.29 bits per heavy atom. The van der Waals surface area contributed by atoms with E-state index in [1.165, 1.54) is 6.07 Å². The number of hydrogen-bond acceptors (Lipinski definition) is 4. The number of thiocarbonyl (C=S) groups is 1. The standard InChI is InChI=1S/C16H15ClN2O4S/c1-2-3-14(20)19-16(24)18-11-8-9(4-5-10(11)17)12-6-7-13(23-12)15(21)22/h4-8H,2-3H2,1H3,(H,21,22)(H2,18,19,20,24). The molecule has 1 aromatic heterocycles. The van der Waals surface area contributed by atoms with Crippen molar-refractivity contribution in [2.24, 2.45) is 0 Å². The second kappa shape index (κ2) is 7.94. The van der Waals surface area contributed by atoms with Crippen LogP contribution in [0, 0.1) is 0 Å². The normalized spacial score (nSPS) is 10.2. The molecule has 8 heteroatoms. The molecule has 0 saturated carbocycles. The van der Waals surface area contributed by atoms with Crippen LogP contribution in [0.1, 0.15) is 30.3 Å². The maximum absolute atomic E-state index is 11.5. The number of carbonyl (C=O) groups is 2. The third-order valence-electron chi connectivity index (χ3n) is 3.05. The van der Waals surface area contributed by atoms with Crippen molar-refractivity contribution in [3.63, 3.8) is 0 Å². The molecule has 6 nitrogen and oxygen atoms in total. The largest absolute Gasteiger partial charge is 0.475 e. The molecule has 3 N–H and O–H groups in total. The molecule has 1 heterocycles. The SMILES string of the molecule is CCCC(=O)NC(=S)Nc1cc(-c2ccc(C(=O)O)o2)ccc1Cl. The molecule has 1 aromatic carbocycles. The highest BCUT2D eigenvalue weighted by atomic mass is 35.5. The third-order valence-corrected chi connectivity index (χ3v) is 3.58. The highest BCUT2D eigenvalue weighted by molar-refractivity contribution is 7.80. The Hall–Kier alpha value is -2.38. The Kier molecular flexibility index (Phi) is 5.94. The number of halogens is 1. The van der Waals surface area contributed by atoms with Gasteiger partial charge >= 0.3 is 5.97 Å². The van der Waals surface area contributed by atoms with Crippen LogP contribution in [0.5, 0.6) is 0 Å².